The molecule has 96 valence electrons. The number of phenols is 1. The van der Waals surface area contributed by atoms with Gasteiger partial charge in [0.2, 0.25) is 0 Å². The van der Waals surface area contributed by atoms with E-state index in [0.29, 0.717) is 16.8 Å². The number of hydrogen-bond acceptors (Lipinski definition) is 4. The second-order valence-electron chi connectivity index (χ2n) is 4.14. The van der Waals surface area contributed by atoms with Crippen molar-refractivity contribution in [2.24, 2.45) is 0 Å². The number of ketones is 1. The van der Waals surface area contributed by atoms with Crippen molar-refractivity contribution in [3.63, 3.8) is 0 Å². The summed E-state index contributed by atoms with van der Waals surface area (Å²) in [6, 6.07) is 12.0. The fraction of sp³-hybridized carbons (Fsp3) is 0.0714. The van der Waals surface area contributed by atoms with E-state index >= 15 is 0 Å². The molecule has 1 heterocycles. The lowest BCUT2D eigenvalue weighted by atomic mass is 10.0. The van der Waals surface area contributed by atoms with Gasteiger partial charge >= 0.3 is 0 Å². The van der Waals surface area contributed by atoms with Crippen LogP contribution in [0.5, 0.6) is 5.75 Å². The second kappa shape index (κ2) is 4.79. The van der Waals surface area contributed by atoms with Crippen molar-refractivity contribution < 1.29 is 9.90 Å². The maximum Gasteiger partial charge on any atom is 0.195 e. The number of aromatic hydroxyl groups is 1. The van der Waals surface area contributed by atoms with Crippen LogP contribution in [0.1, 0.15) is 15.9 Å². The van der Waals surface area contributed by atoms with Crippen LogP contribution in [0.4, 0.5) is 5.69 Å². The number of carbonyl (C=O) groups is 1. The van der Waals surface area contributed by atoms with Gasteiger partial charge in [0.25, 0.3) is 0 Å². The molecular formula is C14H10ClNO2S. The van der Waals surface area contributed by atoms with E-state index in [4.69, 9.17) is 11.6 Å². The zero-order valence-corrected chi connectivity index (χ0v) is 11.3. The zero-order valence-electron chi connectivity index (χ0n) is 9.76. The molecule has 0 fully saturated rings. The smallest absolute Gasteiger partial charge is 0.195 e. The molecule has 0 amide bonds. The number of halogens is 1. The molecule has 0 saturated carbocycles. The van der Waals surface area contributed by atoms with Gasteiger partial charge in [-0.2, -0.15) is 0 Å². The molecule has 0 radical (unpaired) electrons. The SMILES string of the molecule is O=C(c1ccccc1)c1cc(O)cc2c1NC(Cl)S2. The third-order valence-corrected chi connectivity index (χ3v) is 4.13. The quantitative estimate of drug-likeness (QED) is 0.384. The Labute approximate surface area is 119 Å². The van der Waals surface area contributed by atoms with Gasteiger partial charge in [-0.15, -0.1) is 0 Å². The highest BCUT2D eigenvalue weighted by molar-refractivity contribution is 8.01. The van der Waals surface area contributed by atoms with Gasteiger partial charge in [0, 0.05) is 10.5 Å². The highest BCUT2D eigenvalue weighted by Gasteiger charge is 2.26. The number of phenolic OH excluding ortho intramolecular Hbond substituents is 1. The molecule has 1 aliphatic rings. The molecule has 2 aromatic carbocycles. The first-order valence-corrected chi connectivity index (χ1v) is 7.01. The molecule has 1 aliphatic heterocycles. The number of carbonyl (C=O) groups excluding carboxylic acids is 1. The van der Waals surface area contributed by atoms with E-state index in [9.17, 15) is 9.90 Å². The highest BCUT2D eigenvalue weighted by Crippen LogP contribution is 2.44. The van der Waals surface area contributed by atoms with E-state index in [1.165, 1.54) is 17.8 Å². The Bertz CT molecular complexity index is 645. The fourth-order valence-electron chi connectivity index (χ4n) is 2.02. The molecule has 19 heavy (non-hydrogen) atoms. The van der Waals surface area contributed by atoms with Gasteiger partial charge in [0.15, 0.2) is 10.6 Å². The Morgan fingerprint density at radius 2 is 2.00 bits per heavy atom. The highest BCUT2D eigenvalue weighted by atomic mass is 35.5. The molecule has 2 N–H and O–H groups in total. The minimum atomic E-state index is -0.320. The van der Waals surface area contributed by atoms with Crippen LogP contribution >= 0.6 is 23.4 Å². The number of thioether (sulfide) groups is 1. The number of benzene rings is 2. The van der Waals surface area contributed by atoms with Crippen LogP contribution < -0.4 is 5.32 Å². The molecule has 1 unspecified atom stereocenters. The van der Waals surface area contributed by atoms with E-state index < -0.39 is 0 Å². The lowest BCUT2D eigenvalue weighted by Gasteiger charge is -2.08. The van der Waals surface area contributed by atoms with Gasteiger partial charge in [-0.25, -0.2) is 0 Å². The fourth-order valence-corrected chi connectivity index (χ4v) is 3.29. The molecule has 0 aliphatic carbocycles. The largest absolute Gasteiger partial charge is 0.508 e. The van der Waals surface area contributed by atoms with Crippen molar-refractivity contribution >= 4 is 34.8 Å². The predicted octanol–water partition coefficient (Wildman–Crippen LogP) is 3.66. The Morgan fingerprint density at radius 1 is 1.26 bits per heavy atom. The first-order valence-electron chi connectivity index (χ1n) is 5.69. The molecule has 0 aromatic heterocycles. The van der Waals surface area contributed by atoms with Gasteiger partial charge in [-0.05, 0) is 12.1 Å². The van der Waals surface area contributed by atoms with Crippen LogP contribution in [0.2, 0.25) is 0 Å². The normalized spacial score (nSPS) is 16.8. The van der Waals surface area contributed by atoms with Gasteiger partial charge < -0.3 is 10.4 Å². The van der Waals surface area contributed by atoms with Crippen LogP contribution in [0.15, 0.2) is 47.4 Å². The van der Waals surface area contributed by atoms with Gasteiger partial charge in [-0.3, -0.25) is 4.79 Å². The molecule has 2 aromatic rings. The Hall–Kier alpha value is -1.65. The van der Waals surface area contributed by atoms with Crippen molar-refractivity contribution in [2.45, 2.75) is 9.73 Å². The summed E-state index contributed by atoms with van der Waals surface area (Å²) >= 11 is 7.39. The van der Waals surface area contributed by atoms with E-state index in [1.807, 2.05) is 18.2 Å². The topological polar surface area (TPSA) is 49.3 Å². The number of hydrogen-bond donors (Lipinski definition) is 2. The average Bonchev–Trinajstić information content (AvgIpc) is 2.78. The minimum absolute atomic E-state index is 0.0677. The van der Waals surface area contributed by atoms with Crippen molar-refractivity contribution in [1.29, 1.82) is 0 Å². The van der Waals surface area contributed by atoms with Crippen molar-refractivity contribution in [2.75, 3.05) is 5.32 Å². The van der Waals surface area contributed by atoms with Crippen LogP contribution in [0.25, 0.3) is 0 Å². The van der Waals surface area contributed by atoms with Gasteiger partial charge in [0.1, 0.15) is 5.75 Å². The van der Waals surface area contributed by atoms with Crippen molar-refractivity contribution in [3.05, 3.63) is 53.6 Å². The number of anilines is 1. The molecule has 3 rings (SSSR count). The molecule has 5 heteroatoms. The minimum Gasteiger partial charge on any atom is -0.508 e. The van der Waals surface area contributed by atoms with Gasteiger partial charge in [-0.1, -0.05) is 53.7 Å². The number of alkyl halides is 1. The Kier molecular flexibility index (Phi) is 3.12. The molecule has 3 nitrogen and oxygen atoms in total. The predicted molar refractivity (Wildman–Crippen MR) is 77.1 cm³/mol. The molecular weight excluding hydrogens is 282 g/mol. The lowest BCUT2D eigenvalue weighted by molar-refractivity contribution is 0.103. The molecule has 0 bridgehead atoms. The summed E-state index contributed by atoms with van der Waals surface area (Å²) in [4.78, 5) is 12.9. The molecule has 0 spiro atoms. The van der Waals surface area contributed by atoms with E-state index in [-0.39, 0.29) is 16.4 Å². The summed E-state index contributed by atoms with van der Waals surface area (Å²) in [6.07, 6.45) is 0. The van der Waals surface area contributed by atoms with Crippen LogP contribution in [0.3, 0.4) is 0 Å². The first-order chi connectivity index (χ1) is 9.15. The third kappa shape index (κ3) is 2.29. The number of fused-ring (bicyclic) bond motifs is 1. The summed E-state index contributed by atoms with van der Waals surface area (Å²) in [5, 5.41) is 12.8. The summed E-state index contributed by atoms with van der Waals surface area (Å²) in [6.45, 7) is 0. The van der Waals surface area contributed by atoms with Crippen LogP contribution in [-0.4, -0.2) is 15.7 Å². The number of nitrogens with one attached hydrogen (secondary N) is 1. The molecule has 0 saturated heterocycles. The van der Waals surface area contributed by atoms with Crippen molar-refractivity contribution in [1.82, 2.24) is 0 Å². The zero-order chi connectivity index (χ0) is 13.4. The summed E-state index contributed by atoms with van der Waals surface area (Å²) < 4.78 is 0. The monoisotopic (exact) mass is 291 g/mol. The summed E-state index contributed by atoms with van der Waals surface area (Å²) in [5.41, 5.74) is 1.72. The number of rotatable bonds is 2. The maximum atomic E-state index is 12.5. The Balaban J connectivity index is 2.09. The van der Waals surface area contributed by atoms with Gasteiger partial charge in [0.05, 0.1) is 11.3 Å². The average molecular weight is 292 g/mol. The first kappa shape index (κ1) is 12.4. The van der Waals surface area contributed by atoms with Crippen LogP contribution in [-0.2, 0) is 0 Å². The van der Waals surface area contributed by atoms with Crippen molar-refractivity contribution in [3.8, 4) is 5.75 Å². The van der Waals surface area contributed by atoms with E-state index in [2.05, 4.69) is 5.32 Å². The third-order valence-electron chi connectivity index (χ3n) is 2.86. The summed E-state index contributed by atoms with van der Waals surface area (Å²) in [5.74, 6) is -0.0651. The van der Waals surface area contributed by atoms with Crippen LogP contribution in [0, 0.1) is 0 Å². The van der Waals surface area contributed by atoms with E-state index in [1.54, 1.807) is 18.2 Å². The lowest BCUT2D eigenvalue weighted by Crippen LogP contribution is -2.07. The standard InChI is InChI=1S/C14H10ClNO2S/c15-14-16-12-10(6-9(17)7-11(12)19-14)13(18)8-4-2-1-3-5-8/h1-7,14,16-17H. The van der Waals surface area contributed by atoms with E-state index in [0.717, 1.165) is 4.90 Å². The maximum absolute atomic E-state index is 12.5. The molecule has 1 atom stereocenters. The second-order valence-corrected chi connectivity index (χ2v) is 5.98. The summed E-state index contributed by atoms with van der Waals surface area (Å²) in [7, 11) is 0. The Morgan fingerprint density at radius 3 is 2.74 bits per heavy atom.